The zero-order valence-electron chi connectivity index (χ0n) is 5.24. The van der Waals surface area contributed by atoms with Crippen LogP contribution in [-0.4, -0.2) is 34.7 Å². The van der Waals surface area contributed by atoms with Gasteiger partial charge in [-0.2, -0.15) is 0 Å². The van der Waals surface area contributed by atoms with Crippen LogP contribution in [0, 0.1) is 0 Å². The van der Waals surface area contributed by atoms with Gasteiger partial charge in [0.2, 0.25) is 0 Å². The summed E-state index contributed by atoms with van der Waals surface area (Å²) in [7, 11) is 0. The van der Waals surface area contributed by atoms with Crippen molar-refractivity contribution >= 4 is 11.4 Å². The van der Waals surface area contributed by atoms with Crippen molar-refractivity contribution in [2.24, 2.45) is 0 Å². The zero-order chi connectivity index (χ0) is 7.40. The quantitative estimate of drug-likeness (QED) is 0.530. The zero-order valence-corrected chi connectivity index (χ0v) is 6.06. The lowest BCUT2D eigenvalue weighted by Crippen LogP contribution is -2.20. The largest absolute Gasteiger partial charge is 0.750 e. The Labute approximate surface area is 61.2 Å². The van der Waals surface area contributed by atoms with E-state index < -0.39 is 11.4 Å². The number of rotatable bonds is 3. The summed E-state index contributed by atoms with van der Waals surface area (Å²) in [5, 5.41) is 2.89. The molecule has 0 aromatic heterocycles. The molecule has 10 heavy (non-hydrogen) atoms. The van der Waals surface area contributed by atoms with E-state index in [4.69, 9.17) is 4.74 Å². The van der Waals surface area contributed by atoms with E-state index in [1.54, 1.807) is 0 Å². The molecule has 0 saturated carbocycles. The average molecular weight is 166 g/mol. The molecular weight excluding hydrogens is 158 g/mol. The van der Waals surface area contributed by atoms with Crippen LogP contribution in [-0.2, 0) is 20.3 Å². The van der Waals surface area contributed by atoms with Crippen molar-refractivity contribution in [1.82, 2.24) is 5.32 Å². The van der Waals surface area contributed by atoms with Crippen molar-refractivity contribution in [2.75, 3.05) is 19.9 Å². The van der Waals surface area contributed by atoms with Crippen LogP contribution in [0.1, 0.15) is 0 Å². The first-order chi connectivity index (χ1) is 4.79. The maximum absolute atomic E-state index is 9.86. The minimum Gasteiger partial charge on any atom is -0.750 e. The molecule has 1 heterocycles. The van der Waals surface area contributed by atoms with Crippen LogP contribution < -0.4 is 5.32 Å². The number of hydrogen-bond donors (Lipinski definition) is 1. The minimum atomic E-state index is -2.42. The van der Waals surface area contributed by atoms with E-state index >= 15 is 0 Å². The molecule has 5 nitrogen and oxygen atoms in total. The maximum atomic E-state index is 9.86. The standard InChI is InChI=1S/C4H9NO4S/c6-10(7)9-2-4-1-5-3-8-4/h4-5H,1-3H2,(H,6,7)/p-1. The molecule has 0 spiro atoms. The number of nitrogens with one attached hydrogen (secondary N) is 1. The lowest BCUT2D eigenvalue weighted by Gasteiger charge is -2.09. The van der Waals surface area contributed by atoms with Gasteiger partial charge in [-0.1, -0.05) is 0 Å². The smallest absolute Gasteiger partial charge is 0.0971 e. The Morgan fingerprint density at radius 2 is 2.70 bits per heavy atom. The molecule has 1 N–H and O–H groups in total. The lowest BCUT2D eigenvalue weighted by molar-refractivity contribution is 0.0727. The normalized spacial score (nSPS) is 28.7. The summed E-state index contributed by atoms with van der Waals surface area (Å²) >= 11 is -2.42. The van der Waals surface area contributed by atoms with Crippen molar-refractivity contribution in [3.8, 4) is 0 Å². The van der Waals surface area contributed by atoms with E-state index in [0.29, 0.717) is 13.3 Å². The second kappa shape index (κ2) is 3.99. The highest BCUT2D eigenvalue weighted by molar-refractivity contribution is 7.74. The first-order valence-electron chi connectivity index (χ1n) is 2.84. The fraction of sp³-hybridized carbons (Fsp3) is 1.00. The van der Waals surface area contributed by atoms with Gasteiger partial charge in [-0.05, 0) is 0 Å². The highest BCUT2D eigenvalue weighted by Gasteiger charge is 2.14. The van der Waals surface area contributed by atoms with E-state index in [1.807, 2.05) is 0 Å². The SMILES string of the molecule is O=S([O-])OCC1CNCO1. The predicted molar refractivity (Wildman–Crippen MR) is 32.6 cm³/mol. The average Bonchev–Trinajstić information content (AvgIpc) is 2.34. The monoisotopic (exact) mass is 166 g/mol. The summed E-state index contributed by atoms with van der Waals surface area (Å²) in [5.74, 6) is 0. The molecule has 0 bridgehead atoms. The Balaban J connectivity index is 2.07. The molecule has 0 aromatic carbocycles. The molecule has 2 unspecified atom stereocenters. The van der Waals surface area contributed by atoms with Crippen molar-refractivity contribution < 1.29 is 17.7 Å². The van der Waals surface area contributed by atoms with Gasteiger partial charge in [-0.25, -0.2) is 4.21 Å². The van der Waals surface area contributed by atoms with Crippen LogP contribution in [0.2, 0.25) is 0 Å². The Morgan fingerprint density at radius 1 is 1.90 bits per heavy atom. The molecule has 0 radical (unpaired) electrons. The summed E-state index contributed by atoms with van der Waals surface area (Å²) in [4.78, 5) is 0. The van der Waals surface area contributed by atoms with Crippen LogP contribution >= 0.6 is 0 Å². The molecule has 6 heteroatoms. The topological polar surface area (TPSA) is 70.6 Å². The van der Waals surface area contributed by atoms with Crippen molar-refractivity contribution in [3.05, 3.63) is 0 Å². The van der Waals surface area contributed by atoms with Crippen molar-refractivity contribution in [3.63, 3.8) is 0 Å². The third-order valence-corrected chi connectivity index (χ3v) is 1.47. The highest BCUT2D eigenvalue weighted by atomic mass is 32.2. The first-order valence-corrected chi connectivity index (χ1v) is 3.84. The molecule has 1 aliphatic rings. The van der Waals surface area contributed by atoms with E-state index in [9.17, 15) is 8.76 Å². The van der Waals surface area contributed by atoms with Gasteiger partial charge in [-0.3, -0.25) is 9.50 Å². The summed E-state index contributed by atoms with van der Waals surface area (Å²) < 4.78 is 29.0. The van der Waals surface area contributed by atoms with Crippen LogP contribution in [0.5, 0.6) is 0 Å². The molecule has 0 aromatic rings. The molecule has 1 aliphatic heterocycles. The van der Waals surface area contributed by atoms with Crippen molar-refractivity contribution in [1.29, 1.82) is 0 Å². The van der Waals surface area contributed by atoms with E-state index in [0.717, 1.165) is 0 Å². The summed E-state index contributed by atoms with van der Waals surface area (Å²) in [6.45, 7) is 1.22. The number of hydrogen-bond acceptors (Lipinski definition) is 5. The molecule has 0 amide bonds. The van der Waals surface area contributed by atoms with Gasteiger partial charge in [-0.15, -0.1) is 0 Å². The van der Waals surface area contributed by atoms with Gasteiger partial charge < -0.3 is 9.29 Å². The molecule has 2 atom stereocenters. The van der Waals surface area contributed by atoms with E-state index in [1.165, 1.54) is 0 Å². The summed E-state index contributed by atoms with van der Waals surface area (Å²) in [6, 6.07) is 0. The highest BCUT2D eigenvalue weighted by Crippen LogP contribution is 1.97. The van der Waals surface area contributed by atoms with Gasteiger partial charge >= 0.3 is 0 Å². The molecule has 1 fully saturated rings. The molecule has 60 valence electrons. The Hall–Kier alpha value is -0.0100. The van der Waals surface area contributed by atoms with Gasteiger partial charge in [0.05, 0.1) is 30.8 Å². The molecule has 0 aliphatic carbocycles. The van der Waals surface area contributed by atoms with Crippen LogP contribution in [0.25, 0.3) is 0 Å². The van der Waals surface area contributed by atoms with Crippen LogP contribution in [0.15, 0.2) is 0 Å². The first kappa shape index (κ1) is 8.09. The Bertz CT molecular complexity index is 124. The minimum absolute atomic E-state index is 0.100. The second-order valence-corrected chi connectivity index (χ2v) is 2.52. The third kappa shape index (κ3) is 2.72. The fourth-order valence-corrected chi connectivity index (χ4v) is 0.957. The number of ether oxygens (including phenoxy) is 1. The van der Waals surface area contributed by atoms with Gasteiger partial charge in [0, 0.05) is 6.54 Å². The lowest BCUT2D eigenvalue weighted by atomic mass is 10.4. The Morgan fingerprint density at radius 3 is 3.20 bits per heavy atom. The second-order valence-electron chi connectivity index (χ2n) is 1.88. The fourth-order valence-electron chi connectivity index (χ4n) is 0.694. The van der Waals surface area contributed by atoms with Gasteiger partial charge in [0.1, 0.15) is 0 Å². The van der Waals surface area contributed by atoms with E-state index in [2.05, 4.69) is 9.50 Å². The Kier molecular flexibility index (Phi) is 3.23. The third-order valence-electron chi connectivity index (χ3n) is 1.14. The van der Waals surface area contributed by atoms with Crippen LogP contribution in [0.3, 0.4) is 0 Å². The molecular formula is C4H8NO4S-. The summed E-state index contributed by atoms with van der Waals surface area (Å²) in [5.41, 5.74) is 0. The van der Waals surface area contributed by atoms with E-state index in [-0.39, 0.29) is 12.7 Å². The maximum Gasteiger partial charge on any atom is 0.0971 e. The van der Waals surface area contributed by atoms with Crippen molar-refractivity contribution in [2.45, 2.75) is 6.10 Å². The molecule has 1 rings (SSSR count). The molecule has 1 saturated heterocycles. The van der Waals surface area contributed by atoms with Crippen LogP contribution in [0.4, 0.5) is 0 Å². The predicted octanol–water partition coefficient (Wildman–Crippen LogP) is -1.26. The summed E-state index contributed by atoms with van der Waals surface area (Å²) in [6.07, 6.45) is -0.127. The van der Waals surface area contributed by atoms with Gasteiger partial charge in [0.25, 0.3) is 0 Å². The van der Waals surface area contributed by atoms with Gasteiger partial charge in [0.15, 0.2) is 0 Å².